The van der Waals surface area contributed by atoms with E-state index in [1.807, 2.05) is 0 Å². The molecule has 3 heterocycles. The van der Waals surface area contributed by atoms with E-state index in [9.17, 15) is 13.2 Å². The highest BCUT2D eigenvalue weighted by Gasteiger charge is 2.47. The van der Waals surface area contributed by atoms with Crippen LogP contribution in [0, 0.1) is 5.41 Å². The number of likely N-dealkylation sites (tertiary alicyclic amines) is 1. The number of hydrogen-bond acceptors (Lipinski definition) is 4. The zero-order valence-electron chi connectivity index (χ0n) is 9.67. The van der Waals surface area contributed by atoms with E-state index in [0.717, 1.165) is 32.2 Å². The lowest BCUT2D eigenvalue weighted by molar-refractivity contribution is -0.141. The van der Waals surface area contributed by atoms with Gasteiger partial charge in [-0.1, -0.05) is 0 Å². The molecular formula is C11H13F3N4. The van der Waals surface area contributed by atoms with Gasteiger partial charge in [-0.05, 0) is 12.1 Å². The molecule has 1 aromatic rings. The Morgan fingerprint density at radius 3 is 2.39 bits per heavy atom. The van der Waals surface area contributed by atoms with Crippen molar-refractivity contribution < 1.29 is 13.2 Å². The molecule has 1 aromatic heterocycles. The first-order valence-corrected chi connectivity index (χ1v) is 5.80. The fourth-order valence-electron chi connectivity index (χ4n) is 2.54. The molecular weight excluding hydrogens is 245 g/mol. The van der Waals surface area contributed by atoms with E-state index in [0.29, 0.717) is 17.7 Å². The number of nitrogens with one attached hydrogen (secondary N) is 1. The van der Waals surface area contributed by atoms with Crippen LogP contribution in [0.15, 0.2) is 12.1 Å². The third-order valence-electron chi connectivity index (χ3n) is 3.51. The molecule has 7 heteroatoms. The van der Waals surface area contributed by atoms with Gasteiger partial charge in [0.25, 0.3) is 0 Å². The number of alkyl halides is 3. The summed E-state index contributed by atoms with van der Waals surface area (Å²) in [4.78, 5) is 2.18. The molecule has 98 valence electrons. The fraction of sp³-hybridized carbons (Fsp3) is 0.636. The Labute approximate surface area is 102 Å². The van der Waals surface area contributed by atoms with Gasteiger partial charge in [0.05, 0.1) is 5.69 Å². The number of rotatable bonds is 2. The van der Waals surface area contributed by atoms with Gasteiger partial charge >= 0.3 is 6.18 Å². The van der Waals surface area contributed by atoms with Crippen molar-refractivity contribution in [2.45, 2.75) is 12.7 Å². The standard InChI is InChI=1S/C11H13F3N4/c12-11(13,14)9-2-1-8(16-17-9)3-18-6-10(7-18)4-15-5-10/h1-2,15H,3-7H2. The molecule has 0 amide bonds. The second-order valence-corrected chi connectivity index (χ2v) is 5.16. The van der Waals surface area contributed by atoms with Gasteiger partial charge in [-0.3, -0.25) is 4.90 Å². The van der Waals surface area contributed by atoms with Crippen LogP contribution < -0.4 is 5.32 Å². The fourth-order valence-corrected chi connectivity index (χ4v) is 2.54. The Morgan fingerprint density at radius 1 is 1.22 bits per heavy atom. The third-order valence-corrected chi connectivity index (χ3v) is 3.51. The van der Waals surface area contributed by atoms with Crippen LogP contribution in [0.4, 0.5) is 13.2 Å². The summed E-state index contributed by atoms with van der Waals surface area (Å²) in [6.45, 7) is 4.64. The van der Waals surface area contributed by atoms with Crippen LogP contribution in [0.2, 0.25) is 0 Å². The van der Waals surface area contributed by atoms with E-state index in [2.05, 4.69) is 20.4 Å². The third kappa shape index (κ3) is 2.08. The van der Waals surface area contributed by atoms with Gasteiger partial charge < -0.3 is 5.32 Å². The van der Waals surface area contributed by atoms with Gasteiger partial charge in [0, 0.05) is 38.1 Å². The van der Waals surface area contributed by atoms with Gasteiger partial charge in [0.2, 0.25) is 0 Å². The van der Waals surface area contributed by atoms with Crippen molar-refractivity contribution >= 4 is 0 Å². The Bertz CT molecular complexity index is 431. The van der Waals surface area contributed by atoms with Crippen LogP contribution in [0.3, 0.4) is 0 Å². The summed E-state index contributed by atoms with van der Waals surface area (Å²) in [7, 11) is 0. The average molecular weight is 258 g/mol. The van der Waals surface area contributed by atoms with Crippen molar-refractivity contribution in [3.05, 3.63) is 23.5 Å². The number of hydrogen-bond donors (Lipinski definition) is 1. The maximum absolute atomic E-state index is 12.3. The molecule has 2 saturated heterocycles. The number of halogens is 3. The van der Waals surface area contributed by atoms with Crippen LogP contribution in [0.25, 0.3) is 0 Å². The highest BCUT2D eigenvalue weighted by molar-refractivity contribution is 5.11. The minimum Gasteiger partial charge on any atom is -0.315 e. The molecule has 0 unspecified atom stereocenters. The van der Waals surface area contributed by atoms with Gasteiger partial charge in [0.15, 0.2) is 5.69 Å². The maximum atomic E-state index is 12.3. The molecule has 1 spiro atoms. The molecule has 2 aliphatic heterocycles. The highest BCUT2D eigenvalue weighted by atomic mass is 19.4. The zero-order chi connectivity index (χ0) is 12.8. The topological polar surface area (TPSA) is 41.0 Å². The van der Waals surface area contributed by atoms with Crippen LogP contribution in [-0.4, -0.2) is 41.3 Å². The lowest BCUT2D eigenvalue weighted by atomic mass is 9.74. The summed E-state index contributed by atoms with van der Waals surface area (Å²) < 4.78 is 36.9. The van der Waals surface area contributed by atoms with E-state index >= 15 is 0 Å². The Morgan fingerprint density at radius 2 is 1.94 bits per heavy atom. The molecule has 0 aliphatic carbocycles. The van der Waals surface area contributed by atoms with Crippen molar-refractivity contribution in [1.82, 2.24) is 20.4 Å². The van der Waals surface area contributed by atoms with E-state index < -0.39 is 11.9 Å². The van der Waals surface area contributed by atoms with E-state index in [4.69, 9.17) is 0 Å². The molecule has 2 fully saturated rings. The lowest BCUT2D eigenvalue weighted by Gasteiger charge is -2.56. The summed E-state index contributed by atoms with van der Waals surface area (Å²) in [5.74, 6) is 0. The molecule has 2 aliphatic rings. The summed E-state index contributed by atoms with van der Waals surface area (Å²) in [6, 6.07) is 2.39. The predicted octanol–water partition coefficient (Wildman–Crippen LogP) is 0.901. The minimum absolute atomic E-state index is 0.416. The summed E-state index contributed by atoms with van der Waals surface area (Å²) in [5.41, 5.74) is 0.0685. The van der Waals surface area contributed by atoms with Crippen molar-refractivity contribution in [2.75, 3.05) is 26.2 Å². The summed E-state index contributed by atoms with van der Waals surface area (Å²) >= 11 is 0. The van der Waals surface area contributed by atoms with Gasteiger partial charge in [-0.25, -0.2) is 0 Å². The molecule has 0 saturated carbocycles. The first kappa shape index (κ1) is 11.9. The van der Waals surface area contributed by atoms with Crippen LogP contribution in [-0.2, 0) is 12.7 Å². The van der Waals surface area contributed by atoms with E-state index in [1.54, 1.807) is 0 Å². The maximum Gasteiger partial charge on any atom is 0.435 e. The SMILES string of the molecule is FC(F)(F)c1ccc(CN2CC3(CNC3)C2)nn1. The predicted molar refractivity (Wildman–Crippen MR) is 57.6 cm³/mol. The molecule has 18 heavy (non-hydrogen) atoms. The Balaban J connectivity index is 1.57. The first-order chi connectivity index (χ1) is 8.47. The van der Waals surface area contributed by atoms with Gasteiger partial charge in [0.1, 0.15) is 0 Å². The van der Waals surface area contributed by atoms with Gasteiger partial charge in [-0.15, -0.1) is 5.10 Å². The summed E-state index contributed by atoms with van der Waals surface area (Å²) in [6.07, 6.45) is -4.41. The second-order valence-electron chi connectivity index (χ2n) is 5.16. The summed E-state index contributed by atoms with van der Waals surface area (Å²) in [5, 5.41) is 10.1. The first-order valence-electron chi connectivity index (χ1n) is 5.80. The highest BCUT2D eigenvalue weighted by Crippen LogP contribution is 2.34. The van der Waals surface area contributed by atoms with Crippen molar-refractivity contribution in [3.8, 4) is 0 Å². The number of aromatic nitrogens is 2. The van der Waals surface area contributed by atoms with Gasteiger partial charge in [-0.2, -0.15) is 18.3 Å². The quantitative estimate of drug-likeness (QED) is 0.855. The molecule has 0 atom stereocenters. The molecule has 0 bridgehead atoms. The van der Waals surface area contributed by atoms with E-state index in [-0.39, 0.29) is 0 Å². The molecule has 4 nitrogen and oxygen atoms in total. The van der Waals surface area contributed by atoms with Crippen LogP contribution >= 0.6 is 0 Å². The molecule has 0 aromatic carbocycles. The lowest BCUT2D eigenvalue weighted by Crippen LogP contribution is -2.70. The Kier molecular flexibility index (Phi) is 2.56. The minimum atomic E-state index is -4.41. The monoisotopic (exact) mass is 258 g/mol. The van der Waals surface area contributed by atoms with Crippen molar-refractivity contribution in [1.29, 1.82) is 0 Å². The smallest absolute Gasteiger partial charge is 0.315 e. The molecule has 0 radical (unpaired) electrons. The second kappa shape index (κ2) is 3.89. The normalized spacial score (nSPS) is 22.6. The average Bonchev–Trinajstić information content (AvgIpc) is 2.19. The largest absolute Gasteiger partial charge is 0.435 e. The zero-order valence-corrected chi connectivity index (χ0v) is 9.67. The Hall–Kier alpha value is -1.21. The van der Waals surface area contributed by atoms with Crippen molar-refractivity contribution in [2.24, 2.45) is 5.41 Å². The molecule has 1 N–H and O–H groups in total. The van der Waals surface area contributed by atoms with Crippen molar-refractivity contribution in [3.63, 3.8) is 0 Å². The molecule has 3 rings (SSSR count). The van der Waals surface area contributed by atoms with E-state index in [1.165, 1.54) is 6.07 Å². The van der Waals surface area contributed by atoms with Crippen LogP contribution in [0.5, 0.6) is 0 Å². The number of nitrogens with zero attached hydrogens (tertiary/aromatic N) is 3. The van der Waals surface area contributed by atoms with Crippen LogP contribution in [0.1, 0.15) is 11.4 Å².